The van der Waals surface area contributed by atoms with Crippen LogP contribution in [0.4, 0.5) is 5.69 Å². The molecule has 1 amide bonds. The largest absolute Gasteiger partial charge is 0.319 e. The van der Waals surface area contributed by atoms with Gasteiger partial charge in [0.05, 0.1) is 0 Å². The van der Waals surface area contributed by atoms with Crippen LogP contribution < -0.4 is 5.01 Å². The highest BCUT2D eigenvalue weighted by molar-refractivity contribution is 5.83. The maximum atomic E-state index is 11.6. The lowest BCUT2D eigenvalue weighted by molar-refractivity contribution is -0.502. The normalized spacial score (nSPS) is 26.1. The Balaban J connectivity index is 2.16. The molecule has 0 aliphatic carbocycles. The summed E-state index contributed by atoms with van der Waals surface area (Å²) < 4.78 is 0. The Morgan fingerprint density at radius 2 is 2.12 bits per heavy atom. The number of fused-ring (bicyclic) bond motifs is 3. The van der Waals surface area contributed by atoms with Crippen molar-refractivity contribution in [1.82, 2.24) is 4.90 Å². The summed E-state index contributed by atoms with van der Waals surface area (Å²) in [4.78, 5) is 24.3. The Morgan fingerprint density at radius 3 is 2.82 bits per heavy atom. The number of hydrazine groups is 1. The lowest BCUT2D eigenvalue weighted by Gasteiger charge is -2.23. The second-order valence-electron chi connectivity index (χ2n) is 4.37. The molecular formula is C11H11N3O3. The van der Waals surface area contributed by atoms with Crippen molar-refractivity contribution in [2.75, 3.05) is 12.1 Å². The van der Waals surface area contributed by atoms with Gasteiger partial charge in [0.1, 0.15) is 5.69 Å². The number of rotatable bonds is 1. The lowest BCUT2D eigenvalue weighted by Crippen LogP contribution is -2.46. The summed E-state index contributed by atoms with van der Waals surface area (Å²) in [5.74, 6) is -0.129. The molecule has 0 radical (unpaired) electrons. The summed E-state index contributed by atoms with van der Waals surface area (Å²) in [7, 11) is 1.62. The fraction of sp³-hybridized carbons (Fsp3) is 0.364. The minimum atomic E-state index is -0.477. The number of anilines is 1. The van der Waals surface area contributed by atoms with Crippen molar-refractivity contribution in [2.45, 2.75) is 18.5 Å². The van der Waals surface area contributed by atoms with Crippen LogP contribution in [-0.2, 0) is 4.79 Å². The zero-order valence-corrected chi connectivity index (χ0v) is 9.24. The zero-order valence-electron chi connectivity index (χ0n) is 9.24. The highest BCUT2D eigenvalue weighted by Crippen LogP contribution is 2.47. The van der Waals surface area contributed by atoms with Crippen LogP contribution in [0.25, 0.3) is 0 Å². The van der Waals surface area contributed by atoms with Gasteiger partial charge < -0.3 is 4.90 Å². The molecule has 2 aliphatic heterocycles. The van der Waals surface area contributed by atoms with E-state index in [9.17, 15) is 14.9 Å². The minimum Gasteiger partial charge on any atom is -0.319 e. The third-order valence-electron chi connectivity index (χ3n) is 3.55. The molecule has 1 aromatic carbocycles. The Kier molecular flexibility index (Phi) is 1.89. The predicted molar refractivity (Wildman–Crippen MR) is 59.8 cm³/mol. The van der Waals surface area contributed by atoms with Crippen LogP contribution in [-0.4, -0.2) is 29.1 Å². The van der Waals surface area contributed by atoms with Crippen molar-refractivity contribution in [3.05, 3.63) is 39.9 Å². The van der Waals surface area contributed by atoms with Gasteiger partial charge in [0.2, 0.25) is 5.91 Å². The van der Waals surface area contributed by atoms with Gasteiger partial charge in [0.15, 0.2) is 11.2 Å². The first-order valence-electron chi connectivity index (χ1n) is 5.39. The van der Waals surface area contributed by atoms with E-state index in [1.807, 2.05) is 12.1 Å². The number of hydrogen-bond donors (Lipinski definition) is 0. The SMILES string of the molecule is CN1C(=O)CC2c3ccccc3N([N+](=O)[O-])C21. The number of nitro groups is 1. The summed E-state index contributed by atoms with van der Waals surface area (Å²) in [6, 6.07) is 7.22. The van der Waals surface area contributed by atoms with Gasteiger partial charge in [0, 0.05) is 19.4 Å². The van der Waals surface area contributed by atoms with Crippen molar-refractivity contribution in [3.63, 3.8) is 0 Å². The molecule has 1 aromatic rings. The fourth-order valence-corrected chi connectivity index (χ4v) is 2.80. The number of likely N-dealkylation sites (N-methyl/N-ethyl adjacent to an activating group) is 1. The summed E-state index contributed by atoms with van der Waals surface area (Å²) in [6.07, 6.45) is -0.127. The Hall–Kier alpha value is -2.11. The molecule has 6 nitrogen and oxygen atoms in total. The molecule has 0 N–H and O–H groups in total. The van der Waals surface area contributed by atoms with Crippen molar-refractivity contribution in [2.24, 2.45) is 0 Å². The van der Waals surface area contributed by atoms with E-state index in [-0.39, 0.29) is 11.8 Å². The van der Waals surface area contributed by atoms with E-state index in [4.69, 9.17) is 0 Å². The van der Waals surface area contributed by atoms with Crippen LogP contribution in [0.2, 0.25) is 0 Å². The number of nitrogens with zero attached hydrogens (tertiary/aromatic N) is 3. The van der Waals surface area contributed by atoms with E-state index >= 15 is 0 Å². The van der Waals surface area contributed by atoms with Crippen LogP contribution in [0.1, 0.15) is 17.9 Å². The summed E-state index contributed by atoms with van der Waals surface area (Å²) in [5, 5.41) is 11.8. The van der Waals surface area contributed by atoms with Crippen LogP contribution in [0.15, 0.2) is 24.3 Å². The van der Waals surface area contributed by atoms with Gasteiger partial charge in [-0.1, -0.05) is 23.2 Å². The Morgan fingerprint density at radius 1 is 1.41 bits per heavy atom. The molecule has 2 atom stereocenters. The molecule has 17 heavy (non-hydrogen) atoms. The standard InChI is InChI=1S/C11H11N3O3/c1-12-10(15)6-8-7-4-2-3-5-9(7)13(11(8)12)14(16)17/h2-5,8,11H,6H2,1H3. The second kappa shape index (κ2) is 3.19. The van der Waals surface area contributed by atoms with E-state index in [1.54, 1.807) is 19.2 Å². The molecular weight excluding hydrogens is 222 g/mol. The first kappa shape index (κ1) is 10.1. The average molecular weight is 233 g/mol. The van der Waals surface area contributed by atoms with E-state index in [2.05, 4.69) is 0 Å². The molecule has 2 heterocycles. The molecule has 2 unspecified atom stereocenters. The number of amides is 1. The summed E-state index contributed by atoms with van der Waals surface area (Å²) in [5.41, 5.74) is 1.50. The zero-order chi connectivity index (χ0) is 12.2. The Bertz CT molecular complexity index is 516. The molecule has 88 valence electrons. The van der Waals surface area contributed by atoms with E-state index < -0.39 is 11.2 Å². The van der Waals surface area contributed by atoms with Crippen LogP contribution in [0.5, 0.6) is 0 Å². The molecule has 1 saturated heterocycles. The van der Waals surface area contributed by atoms with Crippen LogP contribution in [0.3, 0.4) is 0 Å². The van der Waals surface area contributed by atoms with Crippen molar-refractivity contribution in [1.29, 1.82) is 0 Å². The van der Waals surface area contributed by atoms with Gasteiger partial charge in [-0.25, -0.2) is 10.1 Å². The van der Waals surface area contributed by atoms with Gasteiger partial charge in [-0.3, -0.25) is 4.79 Å². The van der Waals surface area contributed by atoms with Gasteiger partial charge >= 0.3 is 0 Å². The maximum Gasteiger partial charge on any atom is 0.224 e. The van der Waals surface area contributed by atoms with E-state index in [1.165, 1.54) is 4.90 Å². The third-order valence-corrected chi connectivity index (χ3v) is 3.55. The smallest absolute Gasteiger partial charge is 0.224 e. The number of para-hydroxylation sites is 1. The molecule has 2 aliphatic rings. The quantitative estimate of drug-likeness (QED) is 0.535. The molecule has 0 aromatic heterocycles. The van der Waals surface area contributed by atoms with Gasteiger partial charge in [-0.05, 0) is 11.6 Å². The van der Waals surface area contributed by atoms with Crippen molar-refractivity contribution in [3.8, 4) is 0 Å². The highest BCUT2D eigenvalue weighted by Gasteiger charge is 2.53. The number of benzene rings is 1. The molecule has 3 rings (SSSR count). The highest BCUT2D eigenvalue weighted by atomic mass is 16.7. The molecule has 0 spiro atoms. The van der Waals surface area contributed by atoms with Gasteiger partial charge in [-0.15, -0.1) is 0 Å². The molecule has 6 heteroatoms. The number of carbonyl (C=O) groups excluding carboxylic acids is 1. The average Bonchev–Trinajstić information content (AvgIpc) is 2.76. The monoisotopic (exact) mass is 233 g/mol. The first-order valence-corrected chi connectivity index (χ1v) is 5.39. The van der Waals surface area contributed by atoms with Gasteiger partial charge in [-0.2, -0.15) is 0 Å². The number of hydrogen-bond acceptors (Lipinski definition) is 3. The van der Waals surface area contributed by atoms with Gasteiger partial charge in [0.25, 0.3) is 0 Å². The maximum absolute atomic E-state index is 11.6. The van der Waals surface area contributed by atoms with E-state index in [0.717, 1.165) is 10.6 Å². The lowest BCUT2D eigenvalue weighted by atomic mass is 9.98. The topological polar surface area (TPSA) is 66.7 Å². The minimum absolute atomic E-state index is 0.0404. The number of likely N-dealkylation sites (tertiary alicyclic amines) is 1. The first-order chi connectivity index (χ1) is 8.11. The summed E-state index contributed by atoms with van der Waals surface area (Å²) >= 11 is 0. The molecule has 0 bridgehead atoms. The van der Waals surface area contributed by atoms with Crippen molar-refractivity contribution >= 4 is 11.6 Å². The van der Waals surface area contributed by atoms with Crippen LogP contribution >= 0.6 is 0 Å². The molecule has 0 saturated carbocycles. The fourth-order valence-electron chi connectivity index (χ4n) is 2.80. The van der Waals surface area contributed by atoms with Crippen molar-refractivity contribution < 1.29 is 9.83 Å². The predicted octanol–water partition coefficient (Wildman–Crippen LogP) is 0.970. The third kappa shape index (κ3) is 1.17. The van der Waals surface area contributed by atoms with E-state index in [0.29, 0.717) is 12.1 Å². The Labute approximate surface area is 97.5 Å². The second-order valence-corrected chi connectivity index (χ2v) is 4.37. The van der Waals surface area contributed by atoms with Crippen LogP contribution in [0, 0.1) is 10.1 Å². The number of carbonyl (C=O) groups is 1. The molecule has 1 fully saturated rings. The summed E-state index contributed by atoms with van der Waals surface area (Å²) in [6.45, 7) is 0.